The van der Waals surface area contributed by atoms with Gasteiger partial charge < -0.3 is 11.1 Å². The smallest absolute Gasteiger partial charge is 0.239 e. The molecule has 0 amide bonds. The molecule has 11 nitrogen and oxygen atoms in total. The summed E-state index contributed by atoms with van der Waals surface area (Å²) in [5.74, 6) is 0.820. The molecule has 4 rings (SSSR count). The quantitative estimate of drug-likeness (QED) is 0.380. The highest BCUT2D eigenvalue weighted by molar-refractivity contribution is 7.89. The van der Waals surface area contributed by atoms with E-state index < -0.39 is 10.0 Å². The number of benzene rings is 2. The Morgan fingerprint density at radius 3 is 2.68 bits per heavy atom. The average molecular weight is 440 g/mol. The molecule has 3 aromatic rings. The molecule has 0 fully saturated rings. The fraction of sp³-hybridized carbons (Fsp3) is 0.211. The van der Waals surface area contributed by atoms with E-state index in [2.05, 4.69) is 35.7 Å². The lowest BCUT2D eigenvalue weighted by Crippen LogP contribution is -2.25. The number of sulfonamides is 1. The summed E-state index contributed by atoms with van der Waals surface area (Å²) in [5.41, 5.74) is 8.53. The Hall–Kier alpha value is -3.32. The predicted molar refractivity (Wildman–Crippen MR) is 116 cm³/mol. The van der Waals surface area contributed by atoms with Crippen LogP contribution in [-0.2, 0) is 16.6 Å². The molecule has 1 aromatic heterocycles. The lowest BCUT2D eigenvalue weighted by atomic mass is 9.95. The number of azo groups is 1. The summed E-state index contributed by atoms with van der Waals surface area (Å²) in [6, 6.07) is 11.0. The van der Waals surface area contributed by atoms with Crippen LogP contribution in [0.5, 0.6) is 0 Å². The molecule has 12 heteroatoms. The molecular weight excluding hydrogens is 418 g/mol. The van der Waals surface area contributed by atoms with Crippen LogP contribution in [0.2, 0.25) is 0 Å². The Labute approximate surface area is 178 Å². The molecule has 0 saturated carbocycles. The largest absolute Gasteiger partial charge is 0.329 e. The standard InChI is InChI=1S/C19H21N9O2S/c20-6-7-22-9-14-4-5-15(12-2-1-3-13(8-12)18-23-10-25-27-18)16(17(14)31(21,29)30)19-24-11-26-28-19/h1-5,8,10,22H,6-7,9,11,20H2,(H2,21,29,30)(H,23,25,27). The fourth-order valence-corrected chi connectivity index (χ4v) is 4.41. The van der Waals surface area contributed by atoms with E-state index in [1.165, 1.54) is 6.33 Å². The Balaban J connectivity index is 1.93. The Kier molecular flexibility index (Phi) is 5.95. The average Bonchev–Trinajstić information content (AvgIpc) is 3.47. The van der Waals surface area contributed by atoms with E-state index in [0.29, 0.717) is 35.6 Å². The van der Waals surface area contributed by atoms with Crippen molar-refractivity contribution in [3.05, 3.63) is 53.9 Å². The normalized spacial score (nSPS) is 13.5. The van der Waals surface area contributed by atoms with Crippen molar-refractivity contribution in [2.75, 3.05) is 19.8 Å². The van der Waals surface area contributed by atoms with Crippen molar-refractivity contribution in [2.24, 2.45) is 26.1 Å². The number of aliphatic imine (C=N–C) groups is 1. The number of primary sulfonamides is 1. The number of amidine groups is 1. The number of hydrogen-bond acceptors (Lipinski definition) is 9. The second kappa shape index (κ2) is 8.81. The van der Waals surface area contributed by atoms with Crippen LogP contribution in [0.25, 0.3) is 22.5 Å². The van der Waals surface area contributed by atoms with Gasteiger partial charge in [0, 0.05) is 30.8 Å². The maximum atomic E-state index is 12.7. The molecule has 0 unspecified atom stereocenters. The third-order valence-corrected chi connectivity index (χ3v) is 5.73. The summed E-state index contributed by atoms with van der Waals surface area (Å²) < 4.78 is 25.4. The minimum absolute atomic E-state index is 0.0285. The van der Waals surface area contributed by atoms with E-state index in [4.69, 9.17) is 10.9 Å². The minimum atomic E-state index is -4.10. The third-order valence-electron chi connectivity index (χ3n) is 4.70. The van der Waals surface area contributed by atoms with E-state index >= 15 is 0 Å². The molecule has 0 bridgehead atoms. The molecule has 0 atom stereocenters. The van der Waals surface area contributed by atoms with E-state index in [9.17, 15) is 8.42 Å². The molecule has 0 saturated heterocycles. The highest BCUT2D eigenvalue weighted by Crippen LogP contribution is 2.34. The number of hydrogen-bond donors (Lipinski definition) is 4. The molecule has 0 spiro atoms. The monoisotopic (exact) mass is 439 g/mol. The molecule has 0 radical (unpaired) electrons. The van der Waals surface area contributed by atoms with Gasteiger partial charge in [-0.25, -0.2) is 23.5 Å². The molecule has 2 aromatic carbocycles. The number of nitrogens with one attached hydrogen (secondary N) is 2. The van der Waals surface area contributed by atoms with Crippen molar-refractivity contribution < 1.29 is 8.42 Å². The molecule has 0 aliphatic carbocycles. The maximum Gasteiger partial charge on any atom is 0.239 e. The highest BCUT2D eigenvalue weighted by atomic mass is 32.2. The zero-order chi connectivity index (χ0) is 21.8. The van der Waals surface area contributed by atoms with Crippen molar-refractivity contribution in [1.82, 2.24) is 20.5 Å². The van der Waals surface area contributed by atoms with E-state index in [0.717, 1.165) is 11.1 Å². The van der Waals surface area contributed by atoms with Crippen LogP contribution < -0.4 is 16.2 Å². The van der Waals surface area contributed by atoms with E-state index in [1.807, 2.05) is 30.3 Å². The highest BCUT2D eigenvalue weighted by Gasteiger charge is 2.27. The van der Waals surface area contributed by atoms with E-state index in [-0.39, 0.29) is 23.9 Å². The van der Waals surface area contributed by atoms with Crippen LogP contribution >= 0.6 is 0 Å². The van der Waals surface area contributed by atoms with Crippen LogP contribution in [0.3, 0.4) is 0 Å². The van der Waals surface area contributed by atoms with Crippen LogP contribution in [0.15, 0.2) is 62.8 Å². The molecule has 2 heterocycles. The molecular formula is C19H21N9O2S. The van der Waals surface area contributed by atoms with Gasteiger partial charge in [0.15, 0.2) is 18.3 Å². The number of aromatic nitrogens is 3. The summed E-state index contributed by atoms with van der Waals surface area (Å²) in [7, 11) is -4.10. The first-order chi connectivity index (χ1) is 15.0. The second-order valence-corrected chi connectivity index (χ2v) is 8.26. The number of nitrogens with zero attached hydrogens (tertiary/aromatic N) is 5. The number of nitrogens with two attached hydrogens (primary N) is 2. The first kappa shape index (κ1) is 20.9. The van der Waals surface area contributed by atoms with Gasteiger partial charge >= 0.3 is 0 Å². The first-order valence-corrected chi connectivity index (χ1v) is 11.0. The molecule has 160 valence electrons. The number of aromatic amines is 1. The Bertz CT molecular complexity index is 1250. The molecule has 31 heavy (non-hydrogen) atoms. The van der Waals surface area contributed by atoms with Crippen LogP contribution in [0.4, 0.5) is 0 Å². The van der Waals surface area contributed by atoms with Gasteiger partial charge in [-0.1, -0.05) is 30.3 Å². The van der Waals surface area contributed by atoms with Gasteiger partial charge in [-0.2, -0.15) is 10.2 Å². The number of H-pyrrole nitrogens is 1. The summed E-state index contributed by atoms with van der Waals surface area (Å²) in [4.78, 5) is 8.42. The maximum absolute atomic E-state index is 12.7. The Morgan fingerprint density at radius 1 is 1.16 bits per heavy atom. The molecule has 6 N–H and O–H groups in total. The van der Waals surface area contributed by atoms with Gasteiger partial charge in [0.25, 0.3) is 0 Å². The van der Waals surface area contributed by atoms with Gasteiger partial charge in [-0.3, -0.25) is 5.10 Å². The van der Waals surface area contributed by atoms with Crippen molar-refractivity contribution in [3.63, 3.8) is 0 Å². The topological polar surface area (TPSA) is 177 Å². The zero-order valence-electron chi connectivity index (χ0n) is 16.5. The summed E-state index contributed by atoms with van der Waals surface area (Å²) in [5, 5.41) is 23.4. The van der Waals surface area contributed by atoms with E-state index in [1.54, 1.807) is 6.07 Å². The molecule has 1 aliphatic rings. The lowest BCUT2D eigenvalue weighted by Gasteiger charge is -2.17. The third kappa shape index (κ3) is 4.41. The van der Waals surface area contributed by atoms with Crippen molar-refractivity contribution in [2.45, 2.75) is 11.4 Å². The fourth-order valence-electron chi connectivity index (χ4n) is 3.41. The summed E-state index contributed by atoms with van der Waals surface area (Å²) >= 11 is 0. The van der Waals surface area contributed by atoms with Crippen molar-refractivity contribution in [3.8, 4) is 22.5 Å². The van der Waals surface area contributed by atoms with Crippen molar-refractivity contribution >= 4 is 15.9 Å². The van der Waals surface area contributed by atoms with Gasteiger partial charge in [0.2, 0.25) is 10.0 Å². The van der Waals surface area contributed by atoms with Gasteiger partial charge in [-0.15, -0.1) is 5.11 Å². The second-order valence-electron chi connectivity index (χ2n) is 6.77. The van der Waals surface area contributed by atoms with Crippen LogP contribution in [0.1, 0.15) is 11.1 Å². The van der Waals surface area contributed by atoms with Gasteiger partial charge in [0.05, 0.1) is 4.90 Å². The summed E-state index contributed by atoms with van der Waals surface area (Å²) in [6.07, 6.45) is 1.42. The van der Waals surface area contributed by atoms with Crippen molar-refractivity contribution in [1.29, 1.82) is 0 Å². The number of rotatable bonds is 8. The van der Waals surface area contributed by atoms with Crippen LogP contribution in [0, 0.1) is 0 Å². The Morgan fingerprint density at radius 2 is 2.00 bits per heavy atom. The summed E-state index contributed by atoms with van der Waals surface area (Å²) in [6.45, 7) is 1.36. The first-order valence-electron chi connectivity index (χ1n) is 9.47. The lowest BCUT2D eigenvalue weighted by molar-refractivity contribution is 0.594. The van der Waals surface area contributed by atoms with Crippen LogP contribution in [-0.4, -0.2) is 49.2 Å². The predicted octanol–water partition coefficient (Wildman–Crippen LogP) is 1.00. The SMILES string of the molecule is NCCNCc1ccc(-c2cccc(-c3ncn[nH]3)c2)c(C2=NCN=N2)c1S(N)(=O)=O. The minimum Gasteiger partial charge on any atom is -0.329 e. The van der Waals surface area contributed by atoms with Gasteiger partial charge in [-0.05, 0) is 22.8 Å². The zero-order valence-corrected chi connectivity index (χ0v) is 17.3. The van der Waals surface area contributed by atoms with Gasteiger partial charge in [0.1, 0.15) is 6.33 Å². The molecule has 1 aliphatic heterocycles.